The van der Waals surface area contributed by atoms with Crippen LogP contribution < -0.4 is 10.2 Å². The number of thioether (sulfide) groups is 1. The van der Waals surface area contributed by atoms with E-state index in [2.05, 4.69) is 5.32 Å². The van der Waals surface area contributed by atoms with Crippen molar-refractivity contribution in [3.63, 3.8) is 0 Å². The number of thiocarbonyl (C=S) groups is 1. The summed E-state index contributed by atoms with van der Waals surface area (Å²) < 4.78 is 0.439. The highest BCUT2D eigenvalue weighted by atomic mass is 32.2. The summed E-state index contributed by atoms with van der Waals surface area (Å²) in [5.74, 6) is -0.895. The molecule has 2 heterocycles. The number of carbonyl (C=O) groups excluding carboxylic acids is 3. The second-order valence-electron chi connectivity index (χ2n) is 6.79. The lowest BCUT2D eigenvalue weighted by Crippen LogP contribution is -2.38. The Labute approximate surface area is 183 Å². The van der Waals surface area contributed by atoms with Crippen LogP contribution in [0.15, 0.2) is 59.5 Å². The van der Waals surface area contributed by atoms with Crippen LogP contribution in [0.2, 0.25) is 0 Å². The zero-order valence-corrected chi connectivity index (χ0v) is 17.9. The number of rotatable bonds is 5. The van der Waals surface area contributed by atoms with Crippen molar-refractivity contribution in [1.82, 2.24) is 10.2 Å². The van der Waals surface area contributed by atoms with Crippen molar-refractivity contribution in [2.75, 3.05) is 18.0 Å². The second kappa shape index (κ2) is 8.41. The molecule has 1 saturated heterocycles. The molecule has 152 valence electrons. The van der Waals surface area contributed by atoms with Gasteiger partial charge in [0.1, 0.15) is 10.9 Å². The van der Waals surface area contributed by atoms with E-state index in [9.17, 15) is 14.4 Å². The van der Waals surface area contributed by atoms with Crippen molar-refractivity contribution in [2.45, 2.75) is 13.5 Å². The maximum absolute atomic E-state index is 13.3. The molecule has 0 unspecified atom stereocenters. The van der Waals surface area contributed by atoms with Gasteiger partial charge in [-0.25, -0.2) is 0 Å². The van der Waals surface area contributed by atoms with Crippen LogP contribution in [0.25, 0.3) is 5.57 Å². The number of amides is 3. The van der Waals surface area contributed by atoms with Crippen molar-refractivity contribution < 1.29 is 14.4 Å². The number of likely N-dealkylation sites (N-methyl/N-ethyl adjacent to an activating group) is 1. The number of para-hydroxylation sites is 1. The van der Waals surface area contributed by atoms with Crippen LogP contribution in [0.1, 0.15) is 18.1 Å². The number of benzene rings is 2. The van der Waals surface area contributed by atoms with Crippen molar-refractivity contribution >= 4 is 57.3 Å². The van der Waals surface area contributed by atoms with Crippen LogP contribution in [-0.4, -0.2) is 40.0 Å². The number of anilines is 1. The molecule has 2 aromatic rings. The minimum absolute atomic E-state index is 0.125. The smallest absolute Gasteiger partial charge is 0.266 e. The van der Waals surface area contributed by atoms with Gasteiger partial charge in [0.15, 0.2) is 0 Å². The van der Waals surface area contributed by atoms with Gasteiger partial charge < -0.3 is 5.32 Å². The average molecular weight is 438 g/mol. The van der Waals surface area contributed by atoms with Crippen molar-refractivity contribution in [3.05, 3.63) is 70.6 Å². The van der Waals surface area contributed by atoms with Gasteiger partial charge in [0.25, 0.3) is 11.8 Å². The summed E-state index contributed by atoms with van der Waals surface area (Å²) in [7, 11) is 0. The summed E-state index contributed by atoms with van der Waals surface area (Å²) in [4.78, 5) is 41.8. The highest BCUT2D eigenvalue weighted by Crippen LogP contribution is 2.44. The van der Waals surface area contributed by atoms with E-state index in [-0.39, 0.29) is 24.3 Å². The van der Waals surface area contributed by atoms with Gasteiger partial charge in [0, 0.05) is 18.7 Å². The first-order valence-electron chi connectivity index (χ1n) is 9.51. The molecule has 0 spiro atoms. The Balaban J connectivity index is 1.60. The minimum Gasteiger partial charge on any atom is -0.350 e. The van der Waals surface area contributed by atoms with Gasteiger partial charge in [-0.3, -0.25) is 24.2 Å². The van der Waals surface area contributed by atoms with E-state index >= 15 is 0 Å². The summed E-state index contributed by atoms with van der Waals surface area (Å²) in [6.07, 6.45) is 0. The van der Waals surface area contributed by atoms with Crippen molar-refractivity contribution in [2.24, 2.45) is 0 Å². The maximum Gasteiger partial charge on any atom is 0.266 e. The highest BCUT2D eigenvalue weighted by molar-refractivity contribution is 8.26. The average Bonchev–Trinajstić information content (AvgIpc) is 3.19. The largest absolute Gasteiger partial charge is 0.350 e. The predicted molar refractivity (Wildman–Crippen MR) is 122 cm³/mol. The molecule has 0 bridgehead atoms. The third-order valence-corrected chi connectivity index (χ3v) is 6.40. The zero-order valence-electron chi connectivity index (χ0n) is 16.3. The first kappa shape index (κ1) is 20.3. The normalized spacial score (nSPS) is 18.2. The monoisotopic (exact) mass is 437 g/mol. The van der Waals surface area contributed by atoms with Gasteiger partial charge in [0.2, 0.25) is 5.91 Å². The lowest BCUT2D eigenvalue weighted by molar-refractivity contribution is -0.122. The van der Waals surface area contributed by atoms with Gasteiger partial charge in [-0.2, -0.15) is 0 Å². The third-order valence-electron chi connectivity index (χ3n) is 4.95. The first-order valence-corrected chi connectivity index (χ1v) is 10.7. The van der Waals surface area contributed by atoms with E-state index in [0.29, 0.717) is 39.1 Å². The van der Waals surface area contributed by atoms with Gasteiger partial charge in [0.05, 0.1) is 16.2 Å². The molecule has 4 rings (SSSR count). The standard InChI is InChI=1S/C22H19N3O3S2/c1-2-24-21(28)19(30-22(24)29)18-15-10-6-7-11-16(15)25(20(18)27)13-17(26)23-12-14-8-4-3-5-9-14/h3-11H,2,12-13H2,1H3,(H,23,26). The number of carbonyl (C=O) groups is 3. The summed E-state index contributed by atoms with van der Waals surface area (Å²) >= 11 is 6.43. The van der Waals surface area contributed by atoms with Crippen LogP contribution in [0, 0.1) is 0 Å². The van der Waals surface area contributed by atoms with E-state index in [1.165, 1.54) is 9.80 Å². The molecular weight excluding hydrogens is 418 g/mol. The lowest BCUT2D eigenvalue weighted by atomic mass is 10.1. The molecule has 1 N–H and O–H groups in total. The fraction of sp³-hybridized carbons (Fsp3) is 0.182. The minimum atomic E-state index is -0.359. The molecule has 0 aliphatic carbocycles. The van der Waals surface area contributed by atoms with Gasteiger partial charge in [-0.1, -0.05) is 72.5 Å². The molecular formula is C22H19N3O3S2. The Kier molecular flexibility index (Phi) is 5.69. The predicted octanol–water partition coefficient (Wildman–Crippen LogP) is 2.94. The van der Waals surface area contributed by atoms with Crippen molar-refractivity contribution in [1.29, 1.82) is 0 Å². The number of nitrogens with zero attached hydrogens (tertiary/aromatic N) is 2. The molecule has 0 saturated carbocycles. The van der Waals surface area contributed by atoms with Gasteiger partial charge in [-0.05, 0) is 18.6 Å². The van der Waals surface area contributed by atoms with Crippen LogP contribution in [0.4, 0.5) is 5.69 Å². The van der Waals surface area contributed by atoms with E-state index in [1.807, 2.05) is 43.3 Å². The zero-order chi connectivity index (χ0) is 21.3. The van der Waals surface area contributed by atoms with Crippen LogP contribution in [0.3, 0.4) is 0 Å². The molecule has 2 aliphatic rings. The maximum atomic E-state index is 13.3. The topological polar surface area (TPSA) is 69.7 Å². The van der Waals surface area contributed by atoms with E-state index in [4.69, 9.17) is 12.2 Å². The third kappa shape index (κ3) is 3.64. The fourth-order valence-corrected chi connectivity index (χ4v) is 4.93. The first-order chi connectivity index (χ1) is 14.5. The van der Waals surface area contributed by atoms with Crippen LogP contribution in [-0.2, 0) is 20.9 Å². The molecule has 1 fully saturated rings. The Bertz CT molecular complexity index is 1080. The fourth-order valence-electron chi connectivity index (χ4n) is 3.47. The number of hydrogen-bond acceptors (Lipinski definition) is 5. The number of fused-ring (bicyclic) bond motifs is 1. The van der Waals surface area contributed by atoms with E-state index in [1.54, 1.807) is 18.2 Å². The number of nitrogens with one attached hydrogen (secondary N) is 1. The molecule has 3 amide bonds. The van der Waals surface area contributed by atoms with Gasteiger partial charge >= 0.3 is 0 Å². The van der Waals surface area contributed by atoms with Crippen LogP contribution >= 0.6 is 24.0 Å². The summed E-state index contributed by atoms with van der Waals surface area (Å²) in [5, 5.41) is 2.84. The van der Waals surface area contributed by atoms with Gasteiger partial charge in [-0.15, -0.1) is 0 Å². The highest BCUT2D eigenvalue weighted by Gasteiger charge is 2.41. The lowest BCUT2D eigenvalue weighted by Gasteiger charge is -2.16. The molecule has 8 heteroatoms. The Hall–Kier alpha value is -2.97. The molecule has 2 aliphatic heterocycles. The van der Waals surface area contributed by atoms with E-state index in [0.717, 1.165) is 17.3 Å². The molecule has 0 aromatic heterocycles. The second-order valence-corrected chi connectivity index (χ2v) is 8.44. The Morgan fingerprint density at radius 2 is 1.70 bits per heavy atom. The Morgan fingerprint density at radius 3 is 2.40 bits per heavy atom. The molecule has 6 nitrogen and oxygen atoms in total. The summed E-state index contributed by atoms with van der Waals surface area (Å²) in [6, 6.07) is 16.8. The van der Waals surface area contributed by atoms with Crippen LogP contribution in [0.5, 0.6) is 0 Å². The molecule has 2 aromatic carbocycles. The summed E-state index contributed by atoms with van der Waals surface area (Å²) in [6.45, 7) is 2.54. The van der Waals surface area contributed by atoms with E-state index < -0.39 is 0 Å². The quantitative estimate of drug-likeness (QED) is 0.575. The molecule has 0 radical (unpaired) electrons. The molecule has 0 atom stereocenters. The SMILES string of the molecule is CCN1C(=O)C(=C2C(=O)N(CC(=O)NCc3ccccc3)c3ccccc32)SC1=S. The van der Waals surface area contributed by atoms with Crippen molar-refractivity contribution in [3.8, 4) is 0 Å². The molecule has 30 heavy (non-hydrogen) atoms. The number of hydrogen-bond donors (Lipinski definition) is 1. The Morgan fingerprint density at radius 1 is 1.00 bits per heavy atom. The summed E-state index contributed by atoms with van der Waals surface area (Å²) in [5.41, 5.74) is 2.56.